The second kappa shape index (κ2) is 4.84. The molecule has 0 saturated carbocycles. The van der Waals surface area contributed by atoms with Crippen LogP contribution in [0.5, 0.6) is 0 Å². The van der Waals surface area contributed by atoms with Crippen LogP contribution < -0.4 is 5.73 Å². The molecule has 0 unspecified atom stereocenters. The fourth-order valence-corrected chi connectivity index (χ4v) is 2.49. The predicted octanol–water partition coefficient (Wildman–Crippen LogP) is 1.89. The monoisotopic (exact) mass is 214 g/mol. The van der Waals surface area contributed by atoms with Gasteiger partial charge in [0.05, 0.1) is 0 Å². The van der Waals surface area contributed by atoms with E-state index in [2.05, 4.69) is 0 Å². The van der Waals surface area contributed by atoms with Crippen molar-refractivity contribution in [2.75, 3.05) is 13.1 Å². The summed E-state index contributed by atoms with van der Waals surface area (Å²) in [7, 11) is 0. The van der Waals surface area contributed by atoms with Crippen LogP contribution in [0, 0.1) is 5.92 Å². The Morgan fingerprint density at radius 1 is 1.53 bits per heavy atom. The lowest BCUT2D eigenvalue weighted by Gasteiger charge is -2.28. The summed E-state index contributed by atoms with van der Waals surface area (Å²) in [5.41, 5.74) is 5.24. The molecular formula is C11H22N2O2. The second-order valence-electron chi connectivity index (χ2n) is 5.06. The molecule has 88 valence electrons. The predicted molar refractivity (Wildman–Crippen MR) is 59.8 cm³/mol. The van der Waals surface area contributed by atoms with Crippen molar-refractivity contribution in [3.63, 3.8) is 0 Å². The quantitative estimate of drug-likeness (QED) is 0.702. The lowest BCUT2D eigenvalue weighted by molar-refractivity contribution is 0.117. The molecule has 1 rings (SSSR count). The Hall–Kier alpha value is -0.770. The zero-order valence-electron chi connectivity index (χ0n) is 9.70. The van der Waals surface area contributed by atoms with Crippen molar-refractivity contribution >= 4 is 6.09 Å². The number of nitrogens with zero attached hydrogens (tertiary/aromatic N) is 1. The average molecular weight is 214 g/mol. The lowest BCUT2D eigenvalue weighted by Crippen LogP contribution is -2.41. The molecule has 0 aliphatic carbocycles. The van der Waals surface area contributed by atoms with E-state index in [1.54, 1.807) is 4.90 Å². The summed E-state index contributed by atoms with van der Waals surface area (Å²) in [5, 5.41) is 9.04. The van der Waals surface area contributed by atoms with Crippen LogP contribution in [0.25, 0.3) is 0 Å². The molecule has 0 radical (unpaired) electrons. The number of hydrogen-bond acceptors (Lipinski definition) is 2. The molecule has 4 nitrogen and oxygen atoms in total. The topological polar surface area (TPSA) is 66.6 Å². The first-order valence-corrected chi connectivity index (χ1v) is 5.68. The summed E-state index contributed by atoms with van der Waals surface area (Å²) < 4.78 is 0. The molecule has 1 fully saturated rings. The van der Waals surface area contributed by atoms with E-state index in [0.29, 0.717) is 12.5 Å². The van der Waals surface area contributed by atoms with Crippen LogP contribution in [0.1, 0.15) is 39.5 Å². The molecule has 0 aromatic rings. The SMILES string of the molecule is CC1(C)C[C@H](CCCCN)CN1C(=O)O. The zero-order valence-corrected chi connectivity index (χ0v) is 9.70. The van der Waals surface area contributed by atoms with Crippen LogP contribution in [0.3, 0.4) is 0 Å². The van der Waals surface area contributed by atoms with Gasteiger partial charge < -0.3 is 15.7 Å². The smallest absolute Gasteiger partial charge is 0.407 e. The van der Waals surface area contributed by atoms with Gasteiger partial charge in [0, 0.05) is 12.1 Å². The first kappa shape index (κ1) is 12.3. The van der Waals surface area contributed by atoms with Crippen molar-refractivity contribution in [3.05, 3.63) is 0 Å². The third kappa shape index (κ3) is 3.09. The van der Waals surface area contributed by atoms with E-state index in [0.717, 1.165) is 32.2 Å². The molecule has 15 heavy (non-hydrogen) atoms. The minimum atomic E-state index is -0.790. The maximum Gasteiger partial charge on any atom is 0.407 e. The number of carbonyl (C=O) groups is 1. The Bertz CT molecular complexity index is 229. The van der Waals surface area contributed by atoms with Crippen molar-refractivity contribution in [1.29, 1.82) is 0 Å². The first-order valence-electron chi connectivity index (χ1n) is 5.68. The minimum Gasteiger partial charge on any atom is -0.465 e. The summed E-state index contributed by atoms with van der Waals surface area (Å²) in [6.45, 7) is 5.43. The summed E-state index contributed by atoms with van der Waals surface area (Å²) in [6.07, 6.45) is 3.45. The zero-order chi connectivity index (χ0) is 11.5. The van der Waals surface area contributed by atoms with Gasteiger partial charge in [-0.25, -0.2) is 4.79 Å². The summed E-state index contributed by atoms with van der Waals surface area (Å²) >= 11 is 0. The molecule has 0 bridgehead atoms. The van der Waals surface area contributed by atoms with E-state index < -0.39 is 6.09 Å². The summed E-state index contributed by atoms with van der Waals surface area (Å²) in [5.74, 6) is 0.516. The Labute approximate surface area is 91.4 Å². The molecular weight excluding hydrogens is 192 g/mol. The summed E-state index contributed by atoms with van der Waals surface area (Å²) in [4.78, 5) is 12.6. The molecule has 1 amide bonds. The van der Waals surface area contributed by atoms with E-state index in [9.17, 15) is 4.79 Å². The number of rotatable bonds is 4. The van der Waals surface area contributed by atoms with E-state index in [1.807, 2.05) is 13.8 Å². The van der Waals surface area contributed by atoms with E-state index in [-0.39, 0.29) is 5.54 Å². The highest BCUT2D eigenvalue weighted by Crippen LogP contribution is 2.34. The molecule has 1 atom stereocenters. The number of amides is 1. The van der Waals surface area contributed by atoms with Gasteiger partial charge in [-0.2, -0.15) is 0 Å². The highest BCUT2D eigenvalue weighted by molar-refractivity contribution is 5.66. The Morgan fingerprint density at radius 2 is 2.20 bits per heavy atom. The van der Waals surface area contributed by atoms with Gasteiger partial charge in [-0.1, -0.05) is 6.42 Å². The van der Waals surface area contributed by atoms with Gasteiger partial charge in [0.25, 0.3) is 0 Å². The number of hydrogen-bond donors (Lipinski definition) is 2. The normalized spacial score (nSPS) is 24.5. The van der Waals surface area contributed by atoms with Gasteiger partial charge in [-0.15, -0.1) is 0 Å². The number of unbranched alkanes of at least 4 members (excludes halogenated alkanes) is 1. The molecule has 0 aromatic heterocycles. The van der Waals surface area contributed by atoms with Gasteiger partial charge in [-0.05, 0) is 45.6 Å². The largest absolute Gasteiger partial charge is 0.465 e. The van der Waals surface area contributed by atoms with Gasteiger partial charge in [-0.3, -0.25) is 0 Å². The molecule has 1 aliphatic rings. The summed E-state index contributed by atoms with van der Waals surface area (Å²) in [6, 6.07) is 0. The number of nitrogens with two attached hydrogens (primary N) is 1. The molecule has 1 aliphatic heterocycles. The fourth-order valence-electron chi connectivity index (χ4n) is 2.49. The van der Waals surface area contributed by atoms with Crippen LogP contribution in [0.15, 0.2) is 0 Å². The molecule has 1 saturated heterocycles. The maximum absolute atomic E-state index is 11.0. The van der Waals surface area contributed by atoms with Crippen LogP contribution in [-0.2, 0) is 0 Å². The van der Waals surface area contributed by atoms with Crippen molar-refractivity contribution in [3.8, 4) is 0 Å². The highest BCUT2D eigenvalue weighted by Gasteiger charge is 2.40. The standard InChI is InChI=1S/C11H22N2O2/c1-11(2)7-9(5-3-4-6-12)8-13(11)10(14)15/h9H,3-8,12H2,1-2H3,(H,14,15)/t9-/m0/s1. The lowest BCUT2D eigenvalue weighted by atomic mass is 9.93. The third-order valence-corrected chi connectivity index (χ3v) is 3.26. The highest BCUT2D eigenvalue weighted by atomic mass is 16.4. The number of likely N-dealkylation sites (tertiary alicyclic amines) is 1. The second-order valence-corrected chi connectivity index (χ2v) is 5.06. The van der Waals surface area contributed by atoms with Gasteiger partial charge >= 0.3 is 6.09 Å². The van der Waals surface area contributed by atoms with E-state index in [4.69, 9.17) is 10.8 Å². The molecule has 4 heteroatoms. The van der Waals surface area contributed by atoms with Crippen LogP contribution in [0.2, 0.25) is 0 Å². The van der Waals surface area contributed by atoms with E-state index >= 15 is 0 Å². The minimum absolute atomic E-state index is 0.195. The Kier molecular flexibility index (Phi) is 3.97. The molecule has 0 aromatic carbocycles. The van der Waals surface area contributed by atoms with Crippen LogP contribution in [0.4, 0.5) is 4.79 Å². The average Bonchev–Trinajstić information content (AvgIpc) is 2.41. The van der Waals surface area contributed by atoms with E-state index in [1.165, 1.54) is 0 Å². The Morgan fingerprint density at radius 3 is 2.67 bits per heavy atom. The molecule has 1 heterocycles. The van der Waals surface area contributed by atoms with Crippen molar-refractivity contribution < 1.29 is 9.90 Å². The van der Waals surface area contributed by atoms with Crippen molar-refractivity contribution in [2.45, 2.75) is 45.1 Å². The van der Waals surface area contributed by atoms with Gasteiger partial charge in [0.2, 0.25) is 0 Å². The molecule has 3 N–H and O–H groups in total. The fraction of sp³-hybridized carbons (Fsp3) is 0.909. The first-order chi connectivity index (χ1) is 6.97. The number of carboxylic acid groups (broad SMARTS) is 1. The third-order valence-electron chi connectivity index (χ3n) is 3.26. The van der Waals surface area contributed by atoms with Crippen molar-refractivity contribution in [2.24, 2.45) is 11.7 Å². The maximum atomic E-state index is 11.0. The van der Waals surface area contributed by atoms with Crippen LogP contribution in [-0.4, -0.2) is 34.7 Å². The Balaban J connectivity index is 2.43. The van der Waals surface area contributed by atoms with Gasteiger partial charge in [0.1, 0.15) is 0 Å². The van der Waals surface area contributed by atoms with Crippen LogP contribution >= 0.6 is 0 Å². The van der Waals surface area contributed by atoms with Gasteiger partial charge in [0.15, 0.2) is 0 Å². The van der Waals surface area contributed by atoms with Crippen molar-refractivity contribution in [1.82, 2.24) is 4.90 Å². The molecule has 0 spiro atoms.